The summed E-state index contributed by atoms with van der Waals surface area (Å²) in [7, 11) is 0. The first-order valence-corrected chi connectivity index (χ1v) is 10.1. The summed E-state index contributed by atoms with van der Waals surface area (Å²) in [6.45, 7) is 5.27. The third-order valence-corrected chi connectivity index (χ3v) is 5.11. The molecule has 1 N–H and O–H groups in total. The van der Waals surface area contributed by atoms with Gasteiger partial charge in [-0.2, -0.15) is 10.2 Å². The molecular weight excluding hydrogens is 416 g/mol. The zero-order chi connectivity index (χ0) is 23.0. The molecule has 4 rings (SSSR count). The highest BCUT2D eigenvalue weighted by molar-refractivity contribution is 6.11. The molecule has 2 aromatic carbocycles. The normalized spacial score (nSPS) is 11.3. The largest absolute Gasteiger partial charge is 0.305 e. The molecule has 0 atom stereocenters. The van der Waals surface area contributed by atoms with E-state index in [2.05, 4.69) is 15.5 Å². The molecule has 0 aliphatic carbocycles. The van der Waals surface area contributed by atoms with Gasteiger partial charge in [0.1, 0.15) is 17.5 Å². The highest BCUT2D eigenvalue weighted by Crippen LogP contribution is 2.21. The van der Waals surface area contributed by atoms with Gasteiger partial charge in [-0.1, -0.05) is 18.2 Å². The van der Waals surface area contributed by atoms with Crippen LogP contribution < -0.4 is 10.9 Å². The zero-order valence-corrected chi connectivity index (χ0v) is 17.8. The SMILES string of the molecule is Cc1cnn(Cc2cc(F)ccc2F)c1NC(=O)c1nn(C(C)C)c(=O)c2ccccc12. The number of nitrogens with zero attached hydrogens (tertiary/aromatic N) is 4. The van der Waals surface area contributed by atoms with Crippen molar-refractivity contribution >= 4 is 22.5 Å². The van der Waals surface area contributed by atoms with Gasteiger partial charge >= 0.3 is 0 Å². The van der Waals surface area contributed by atoms with Crippen LogP contribution in [0.1, 0.15) is 41.5 Å². The van der Waals surface area contributed by atoms with E-state index in [1.165, 1.54) is 15.6 Å². The molecule has 0 fully saturated rings. The number of carbonyl (C=O) groups excluding carboxylic acids is 1. The van der Waals surface area contributed by atoms with Crippen LogP contribution in [0.4, 0.5) is 14.6 Å². The maximum Gasteiger partial charge on any atom is 0.277 e. The predicted octanol–water partition coefficient (Wildman–Crippen LogP) is 4.06. The summed E-state index contributed by atoms with van der Waals surface area (Å²) >= 11 is 0. The van der Waals surface area contributed by atoms with Crippen LogP contribution in [-0.4, -0.2) is 25.5 Å². The first-order valence-electron chi connectivity index (χ1n) is 10.1. The molecule has 4 aromatic rings. The Morgan fingerprint density at radius 3 is 2.56 bits per heavy atom. The summed E-state index contributed by atoms with van der Waals surface area (Å²) in [5.41, 5.74) is 0.533. The van der Waals surface area contributed by atoms with Crippen molar-refractivity contribution in [2.45, 2.75) is 33.4 Å². The molecular formula is C23H21F2N5O2. The summed E-state index contributed by atoms with van der Waals surface area (Å²) in [5, 5.41) is 12.1. The molecule has 2 aromatic heterocycles. The molecule has 0 spiro atoms. The minimum absolute atomic E-state index is 0.0767. The van der Waals surface area contributed by atoms with Crippen molar-refractivity contribution in [3.8, 4) is 0 Å². The van der Waals surface area contributed by atoms with Gasteiger partial charge in [0.05, 0.1) is 24.2 Å². The first-order chi connectivity index (χ1) is 15.3. The van der Waals surface area contributed by atoms with Crippen LogP contribution in [-0.2, 0) is 6.54 Å². The van der Waals surface area contributed by atoms with Crippen LogP contribution in [0.25, 0.3) is 10.8 Å². The van der Waals surface area contributed by atoms with Crippen molar-refractivity contribution in [2.75, 3.05) is 5.32 Å². The second kappa shape index (κ2) is 8.33. The molecule has 164 valence electrons. The van der Waals surface area contributed by atoms with Crippen LogP contribution in [0, 0.1) is 18.6 Å². The zero-order valence-electron chi connectivity index (χ0n) is 17.8. The minimum Gasteiger partial charge on any atom is -0.305 e. The molecule has 32 heavy (non-hydrogen) atoms. The molecule has 0 saturated carbocycles. The maximum atomic E-state index is 14.1. The monoisotopic (exact) mass is 437 g/mol. The Balaban J connectivity index is 1.74. The second-order valence-electron chi connectivity index (χ2n) is 7.76. The number of rotatable bonds is 5. The van der Waals surface area contributed by atoms with Gasteiger partial charge in [0.2, 0.25) is 0 Å². The van der Waals surface area contributed by atoms with Gasteiger partial charge in [0, 0.05) is 16.5 Å². The van der Waals surface area contributed by atoms with Gasteiger partial charge in [0.15, 0.2) is 5.69 Å². The van der Waals surface area contributed by atoms with Crippen LogP contribution in [0.2, 0.25) is 0 Å². The van der Waals surface area contributed by atoms with E-state index in [4.69, 9.17) is 0 Å². The van der Waals surface area contributed by atoms with Crippen LogP contribution in [0.15, 0.2) is 53.5 Å². The number of carbonyl (C=O) groups is 1. The number of aromatic nitrogens is 4. The van der Waals surface area contributed by atoms with E-state index in [1.54, 1.807) is 45.0 Å². The number of nitrogens with one attached hydrogen (secondary N) is 1. The van der Waals surface area contributed by atoms with Gasteiger partial charge in [-0.25, -0.2) is 18.1 Å². The van der Waals surface area contributed by atoms with Crippen LogP contribution in [0.5, 0.6) is 0 Å². The first kappa shape index (κ1) is 21.4. The number of benzene rings is 2. The molecule has 7 nitrogen and oxygen atoms in total. The van der Waals surface area contributed by atoms with E-state index < -0.39 is 17.5 Å². The molecule has 1 amide bonds. The standard InChI is InChI=1S/C23H21F2N5O2/c1-13(2)30-23(32)18-7-5-4-6-17(18)20(28-30)22(31)27-21-14(3)11-26-29(21)12-15-10-16(24)8-9-19(15)25/h4-11,13H,12H2,1-3H3,(H,27,31). The number of halogens is 2. The topological polar surface area (TPSA) is 81.8 Å². The molecule has 0 unspecified atom stereocenters. The highest BCUT2D eigenvalue weighted by atomic mass is 19.1. The Labute approximate surface area is 182 Å². The van der Waals surface area contributed by atoms with Crippen LogP contribution in [0.3, 0.4) is 0 Å². The van der Waals surface area contributed by atoms with Gasteiger partial charge in [-0.3, -0.25) is 9.59 Å². The van der Waals surface area contributed by atoms with Crippen LogP contribution >= 0.6 is 0 Å². The molecule has 0 bridgehead atoms. The lowest BCUT2D eigenvalue weighted by Gasteiger charge is -2.14. The lowest BCUT2D eigenvalue weighted by Crippen LogP contribution is -2.29. The Morgan fingerprint density at radius 1 is 1.12 bits per heavy atom. The van der Waals surface area contributed by atoms with Gasteiger partial charge in [0.25, 0.3) is 11.5 Å². The average molecular weight is 437 g/mol. The predicted molar refractivity (Wildman–Crippen MR) is 117 cm³/mol. The van der Waals surface area contributed by atoms with E-state index in [0.29, 0.717) is 22.2 Å². The Bertz CT molecular complexity index is 1390. The maximum absolute atomic E-state index is 14.1. The van der Waals surface area contributed by atoms with E-state index in [9.17, 15) is 18.4 Å². The fourth-order valence-corrected chi connectivity index (χ4v) is 3.48. The number of amides is 1. The van der Waals surface area contributed by atoms with E-state index >= 15 is 0 Å². The number of hydrogen-bond donors (Lipinski definition) is 1. The van der Waals surface area contributed by atoms with E-state index in [-0.39, 0.29) is 29.4 Å². The summed E-state index contributed by atoms with van der Waals surface area (Å²) < 4.78 is 30.3. The van der Waals surface area contributed by atoms with Crippen molar-refractivity contribution in [3.63, 3.8) is 0 Å². The average Bonchev–Trinajstić information content (AvgIpc) is 3.10. The third kappa shape index (κ3) is 3.89. The lowest BCUT2D eigenvalue weighted by molar-refractivity contribution is 0.102. The van der Waals surface area contributed by atoms with E-state index in [0.717, 1.165) is 18.2 Å². The number of fused-ring (bicyclic) bond motifs is 1. The number of hydrogen-bond acceptors (Lipinski definition) is 4. The van der Waals surface area contributed by atoms with Crippen molar-refractivity contribution in [1.29, 1.82) is 0 Å². The second-order valence-corrected chi connectivity index (χ2v) is 7.76. The summed E-state index contributed by atoms with van der Waals surface area (Å²) in [6, 6.07) is 9.69. The summed E-state index contributed by atoms with van der Waals surface area (Å²) in [4.78, 5) is 25.9. The van der Waals surface area contributed by atoms with Crippen molar-refractivity contribution < 1.29 is 13.6 Å². The molecule has 0 aliphatic heterocycles. The fourth-order valence-electron chi connectivity index (χ4n) is 3.48. The smallest absolute Gasteiger partial charge is 0.277 e. The highest BCUT2D eigenvalue weighted by Gasteiger charge is 2.20. The molecule has 2 heterocycles. The number of anilines is 1. The summed E-state index contributed by atoms with van der Waals surface area (Å²) in [5.74, 6) is -1.36. The van der Waals surface area contributed by atoms with Crippen molar-refractivity contribution in [1.82, 2.24) is 19.6 Å². The van der Waals surface area contributed by atoms with E-state index in [1.807, 2.05) is 0 Å². The van der Waals surface area contributed by atoms with Crippen molar-refractivity contribution in [3.05, 3.63) is 87.5 Å². The van der Waals surface area contributed by atoms with Gasteiger partial charge in [-0.15, -0.1) is 0 Å². The number of aryl methyl sites for hydroxylation is 1. The molecule has 0 aliphatic rings. The van der Waals surface area contributed by atoms with Crippen molar-refractivity contribution in [2.24, 2.45) is 0 Å². The lowest BCUT2D eigenvalue weighted by atomic mass is 10.1. The Morgan fingerprint density at radius 2 is 1.84 bits per heavy atom. The minimum atomic E-state index is -0.575. The van der Waals surface area contributed by atoms with Gasteiger partial charge < -0.3 is 5.32 Å². The molecule has 0 saturated heterocycles. The molecule has 0 radical (unpaired) electrons. The Kier molecular flexibility index (Phi) is 5.56. The van der Waals surface area contributed by atoms with Gasteiger partial charge in [-0.05, 0) is 45.0 Å². The summed E-state index contributed by atoms with van der Waals surface area (Å²) in [6.07, 6.45) is 1.52. The third-order valence-electron chi connectivity index (χ3n) is 5.11. The quantitative estimate of drug-likeness (QED) is 0.511. The molecule has 9 heteroatoms. The fraction of sp³-hybridized carbons (Fsp3) is 0.217. The Hall–Kier alpha value is -3.88.